The molecule has 5 heteroatoms. The van der Waals surface area contributed by atoms with Crippen LogP contribution in [0.15, 0.2) is 60.7 Å². The first-order valence-electron chi connectivity index (χ1n) is 8.67. The molecule has 134 valence electrons. The Labute approximate surface area is 154 Å². The van der Waals surface area contributed by atoms with Gasteiger partial charge in [0.05, 0.1) is 7.11 Å². The number of hydrogen-bond donors (Lipinski definition) is 1. The van der Waals surface area contributed by atoms with Crippen molar-refractivity contribution < 1.29 is 4.74 Å². The van der Waals surface area contributed by atoms with Gasteiger partial charge in [-0.25, -0.2) is 4.98 Å². The van der Waals surface area contributed by atoms with Crippen LogP contribution in [0.3, 0.4) is 0 Å². The van der Waals surface area contributed by atoms with E-state index in [4.69, 9.17) is 4.74 Å². The zero-order valence-corrected chi connectivity index (χ0v) is 15.4. The third-order valence-electron chi connectivity index (χ3n) is 4.18. The lowest BCUT2D eigenvalue weighted by Crippen LogP contribution is -2.14. The molecule has 0 amide bonds. The molecule has 26 heavy (non-hydrogen) atoms. The highest BCUT2D eigenvalue weighted by Crippen LogP contribution is 2.22. The highest BCUT2D eigenvalue weighted by Gasteiger charge is 2.08. The largest absolute Gasteiger partial charge is 0.497 e. The minimum absolute atomic E-state index is 0.649. The number of rotatable bonds is 7. The summed E-state index contributed by atoms with van der Waals surface area (Å²) in [4.78, 5) is 11.2. The first-order chi connectivity index (χ1) is 12.7. The van der Waals surface area contributed by atoms with E-state index >= 15 is 0 Å². The van der Waals surface area contributed by atoms with Crippen molar-refractivity contribution >= 4 is 17.5 Å². The Morgan fingerprint density at radius 2 is 1.73 bits per heavy atom. The Morgan fingerprint density at radius 3 is 2.42 bits per heavy atom. The monoisotopic (exact) mass is 348 g/mol. The van der Waals surface area contributed by atoms with Gasteiger partial charge in [-0.2, -0.15) is 4.98 Å². The van der Waals surface area contributed by atoms with Crippen LogP contribution >= 0.6 is 0 Å². The number of nitrogens with zero attached hydrogens (tertiary/aromatic N) is 3. The first-order valence-corrected chi connectivity index (χ1v) is 8.67. The molecule has 0 radical (unpaired) electrons. The second-order valence-corrected chi connectivity index (χ2v) is 6.11. The summed E-state index contributed by atoms with van der Waals surface area (Å²) in [7, 11) is 3.69. The quantitative estimate of drug-likeness (QED) is 0.693. The number of methoxy groups -OCH3 is 1. The van der Waals surface area contributed by atoms with Gasteiger partial charge in [-0.15, -0.1) is 0 Å². The van der Waals surface area contributed by atoms with Gasteiger partial charge in [0.2, 0.25) is 5.95 Å². The molecule has 3 aromatic rings. The fourth-order valence-corrected chi connectivity index (χ4v) is 2.70. The number of para-hydroxylation sites is 1. The van der Waals surface area contributed by atoms with Gasteiger partial charge < -0.3 is 15.0 Å². The molecular formula is C21H24N4O. The van der Waals surface area contributed by atoms with Gasteiger partial charge in [0, 0.05) is 31.0 Å². The zero-order valence-electron chi connectivity index (χ0n) is 15.4. The summed E-state index contributed by atoms with van der Waals surface area (Å²) in [5.41, 5.74) is 3.27. The zero-order chi connectivity index (χ0) is 18.4. The van der Waals surface area contributed by atoms with Gasteiger partial charge in [-0.1, -0.05) is 30.3 Å². The third-order valence-corrected chi connectivity index (χ3v) is 4.18. The molecule has 0 aliphatic rings. The van der Waals surface area contributed by atoms with Crippen LogP contribution in [0.25, 0.3) is 0 Å². The lowest BCUT2D eigenvalue weighted by atomic mass is 10.1. The molecule has 0 saturated heterocycles. The minimum atomic E-state index is 0.649. The van der Waals surface area contributed by atoms with Gasteiger partial charge in [-0.05, 0) is 43.2 Å². The van der Waals surface area contributed by atoms with Crippen LogP contribution in [0.1, 0.15) is 11.3 Å². The number of ether oxygens (including phenoxy) is 1. The molecule has 1 aromatic heterocycles. The van der Waals surface area contributed by atoms with E-state index in [1.807, 2.05) is 50.4 Å². The van der Waals surface area contributed by atoms with Crippen molar-refractivity contribution in [2.45, 2.75) is 13.3 Å². The second-order valence-electron chi connectivity index (χ2n) is 6.11. The molecule has 0 fully saturated rings. The van der Waals surface area contributed by atoms with Crippen LogP contribution in [0.2, 0.25) is 0 Å². The molecule has 0 saturated carbocycles. The Morgan fingerprint density at radius 1 is 1.00 bits per heavy atom. The molecule has 0 aliphatic heterocycles. The van der Waals surface area contributed by atoms with Crippen molar-refractivity contribution in [3.63, 3.8) is 0 Å². The van der Waals surface area contributed by atoms with Crippen LogP contribution in [0, 0.1) is 6.92 Å². The molecule has 0 unspecified atom stereocenters. The van der Waals surface area contributed by atoms with Crippen molar-refractivity contribution in [2.24, 2.45) is 0 Å². The maximum Gasteiger partial charge on any atom is 0.224 e. The van der Waals surface area contributed by atoms with E-state index in [-0.39, 0.29) is 0 Å². The number of hydrogen-bond acceptors (Lipinski definition) is 5. The summed E-state index contributed by atoms with van der Waals surface area (Å²) >= 11 is 0. The van der Waals surface area contributed by atoms with Gasteiger partial charge in [0.1, 0.15) is 11.6 Å². The lowest BCUT2D eigenvalue weighted by Gasteiger charge is -2.19. The topological polar surface area (TPSA) is 50.3 Å². The fourth-order valence-electron chi connectivity index (χ4n) is 2.70. The Kier molecular flexibility index (Phi) is 5.69. The van der Waals surface area contributed by atoms with Crippen LogP contribution in [0.4, 0.5) is 17.5 Å². The molecule has 2 aromatic carbocycles. The predicted molar refractivity (Wildman–Crippen MR) is 106 cm³/mol. The van der Waals surface area contributed by atoms with Crippen LogP contribution in [0.5, 0.6) is 5.75 Å². The van der Waals surface area contributed by atoms with Gasteiger partial charge >= 0.3 is 0 Å². The maximum absolute atomic E-state index is 5.19. The summed E-state index contributed by atoms with van der Waals surface area (Å²) in [6.45, 7) is 2.75. The molecule has 1 heterocycles. The molecule has 1 N–H and O–H groups in total. The predicted octanol–water partition coefficient (Wildman–Crippen LogP) is 4.22. The van der Waals surface area contributed by atoms with Gasteiger partial charge in [0.25, 0.3) is 0 Å². The summed E-state index contributed by atoms with van der Waals surface area (Å²) in [5.74, 6) is 2.39. The van der Waals surface area contributed by atoms with Crippen molar-refractivity contribution in [1.29, 1.82) is 0 Å². The van der Waals surface area contributed by atoms with E-state index in [1.54, 1.807) is 7.11 Å². The van der Waals surface area contributed by atoms with Crippen molar-refractivity contribution in [2.75, 3.05) is 30.9 Å². The van der Waals surface area contributed by atoms with Crippen molar-refractivity contribution in [1.82, 2.24) is 9.97 Å². The second kappa shape index (κ2) is 8.34. The number of benzene rings is 2. The van der Waals surface area contributed by atoms with Gasteiger partial charge in [-0.3, -0.25) is 0 Å². The minimum Gasteiger partial charge on any atom is -0.497 e. The average molecular weight is 348 g/mol. The van der Waals surface area contributed by atoms with Gasteiger partial charge in [0.15, 0.2) is 0 Å². The van der Waals surface area contributed by atoms with Crippen molar-refractivity contribution in [3.8, 4) is 5.75 Å². The summed E-state index contributed by atoms with van der Waals surface area (Å²) in [6.07, 6.45) is 0.894. The molecular weight excluding hydrogens is 324 g/mol. The lowest BCUT2D eigenvalue weighted by molar-refractivity contribution is 0.414. The van der Waals surface area contributed by atoms with E-state index in [0.29, 0.717) is 5.95 Å². The van der Waals surface area contributed by atoms with Crippen LogP contribution in [-0.2, 0) is 6.42 Å². The molecule has 0 aliphatic carbocycles. The number of aromatic nitrogens is 2. The van der Waals surface area contributed by atoms with E-state index in [0.717, 1.165) is 35.9 Å². The Bertz CT molecular complexity index is 834. The number of aryl methyl sites for hydroxylation is 1. The highest BCUT2D eigenvalue weighted by atomic mass is 16.5. The molecule has 0 atom stereocenters. The molecule has 0 bridgehead atoms. The van der Waals surface area contributed by atoms with E-state index in [1.165, 1.54) is 5.56 Å². The smallest absolute Gasteiger partial charge is 0.224 e. The number of anilines is 3. The highest BCUT2D eigenvalue weighted by molar-refractivity contribution is 5.60. The van der Waals surface area contributed by atoms with Crippen LogP contribution < -0.4 is 15.0 Å². The van der Waals surface area contributed by atoms with E-state index in [2.05, 4.69) is 44.5 Å². The summed E-state index contributed by atoms with van der Waals surface area (Å²) in [6, 6.07) is 20.3. The fraction of sp³-hybridized carbons (Fsp3) is 0.238. The summed E-state index contributed by atoms with van der Waals surface area (Å²) < 4.78 is 5.19. The SMILES string of the molecule is COc1ccc(CCNc2nc(C)cc(N(C)c3ccccc3)n2)cc1. The first kappa shape index (κ1) is 17.7. The van der Waals surface area contributed by atoms with E-state index in [9.17, 15) is 0 Å². The van der Waals surface area contributed by atoms with Crippen molar-refractivity contribution in [3.05, 3.63) is 71.9 Å². The standard InChI is InChI=1S/C21H24N4O/c1-16-15-20(25(2)18-7-5-4-6-8-18)24-21(23-16)22-14-13-17-9-11-19(26-3)12-10-17/h4-12,15H,13-14H2,1-3H3,(H,22,23,24). The molecule has 0 spiro atoms. The summed E-state index contributed by atoms with van der Waals surface area (Å²) in [5, 5.41) is 3.33. The Balaban J connectivity index is 1.65. The van der Waals surface area contributed by atoms with E-state index < -0.39 is 0 Å². The normalized spacial score (nSPS) is 10.4. The molecule has 5 nitrogen and oxygen atoms in total. The Hall–Kier alpha value is -3.08. The maximum atomic E-state index is 5.19. The molecule has 3 rings (SSSR count). The number of nitrogens with one attached hydrogen (secondary N) is 1. The third kappa shape index (κ3) is 4.51. The average Bonchev–Trinajstić information content (AvgIpc) is 2.68. The van der Waals surface area contributed by atoms with Crippen LogP contribution in [-0.4, -0.2) is 30.7 Å².